The Labute approximate surface area is 90.1 Å². The molecule has 1 aromatic carbocycles. The Bertz CT molecular complexity index is 291. The summed E-state index contributed by atoms with van der Waals surface area (Å²) in [5, 5.41) is 12.2. The van der Waals surface area contributed by atoms with Crippen molar-refractivity contribution in [3.63, 3.8) is 0 Å². The summed E-state index contributed by atoms with van der Waals surface area (Å²) in [7, 11) is 0. The van der Waals surface area contributed by atoms with Gasteiger partial charge >= 0.3 is 0 Å². The topological polar surface area (TPSA) is 41.5 Å². The van der Waals surface area contributed by atoms with Gasteiger partial charge in [0.25, 0.3) is 0 Å². The van der Waals surface area contributed by atoms with Crippen LogP contribution >= 0.6 is 0 Å². The second kappa shape index (κ2) is 5.14. The lowest BCUT2D eigenvalue weighted by Gasteiger charge is -2.12. The summed E-state index contributed by atoms with van der Waals surface area (Å²) >= 11 is 0. The van der Waals surface area contributed by atoms with Crippen molar-refractivity contribution in [2.24, 2.45) is 0 Å². The molecule has 1 aliphatic rings. The molecule has 1 saturated heterocycles. The fourth-order valence-electron chi connectivity index (χ4n) is 1.78. The van der Waals surface area contributed by atoms with Crippen LogP contribution in [0, 0.1) is 0 Å². The molecule has 0 bridgehead atoms. The van der Waals surface area contributed by atoms with Crippen molar-refractivity contribution in [1.82, 2.24) is 0 Å². The summed E-state index contributed by atoms with van der Waals surface area (Å²) in [5.74, 6) is 0. The number of rotatable bonds is 4. The summed E-state index contributed by atoms with van der Waals surface area (Å²) in [5.41, 5.74) is 2.30. The normalized spacial score (nSPS) is 20.5. The van der Waals surface area contributed by atoms with E-state index in [4.69, 9.17) is 9.84 Å². The van der Waals surface area contributed by atoms with Gasteiger partial charge in [-0.15, -0.1) is 0 Å². The predicted octanol–water partition coefficient (Wildman–Crippen LogP) is 1.42. The second-order valence-corrected chi connectivity index (χ2v) is 3.88. The molecule has 0 aliphatic carbocycles. The van der Waals surface area contributed by atoms with Crippen LogP contribution in [0.2, 0.25) is 0 Å². The highest BCUT2D eigenvalue weighted by atomic mass is 16.5. The number of hydrogen-bond acceptors (Lipinski definition) is 3. The first-order chi connectivity index (χ1) is 7.38. The van der Waals surface area contributed by atoms with Crippen LogP contribution in [-0.2, 0) is 11.2 Å². The molecule has 0 saturated carbocycles. The van der Waals surface area contributed by atoms with Crippen LogP contribution in [0.25, 0.3) is 0 Å². The molecule has 1 aliphatic heterocycles. The zero-order valence-electron chi connectivity index (χ0n) is 8.78. The fourth-order valence-corrected chi connectivity index (χ4v) is 1.78. The molecule has 15 heavy (non-hydrogen) atoms. The van der Waals surface area contributed by atoms with E-state index >= 15 is 0 Å². The third kappa shape index (κ3) is 2.94. The Hall–Kier alpha value is -1.06. The van der Waals surface area contributed by atoms with Crippen molar-refractivity contribution < 1.29 is 9.84 Å². The van der Waals surface area contributed by atoms with Crippen molar-refractivity contribution >= 4 is 5.69 Å². The van der Waals surface area contributed by atoms with Gasteiger partial charge in [0.15, 0.2) is 0 Å². The van der Waals surface area contributed by atoms with Gasteiger partial charge in [-0.1, -0.05) is 12.1 Å². The fraction of sp³-hybridized carbons (Fsp3) is 0.500. The molecular weight excluding hydrogens is 190 g/mol. The summed E-state index contributed by atoms with van der Waals surface area (Å²) in [4.78, 5) is 0. The van der Waals surface area contributed by atoms with Gasteiger partial charge in [0.1, 0.15) is 0 Å². The van der Waals surface area contributed by atoms with Gasteiger partial charge in [-0.25, -0.2) is 0 Å². The van der Waals surface area contributed by atoms with E-state index in [1.807, 2.05) is 12.1 Å². The van der Waals surface area contributed by atoms with Crippen LogP contribution in [0.5, 0.6) is 0 Å². The average Bonchev–Trinajstić information content (AvgIpc) is 2.74. The molecule has 3 heteroatoms. The first-order valence-electron chi connectivity index (χ1n) is 5.42. The third-order valence-corrected chi connectivity index (χ3v) is 2.65. The predicted molar refractivity (Wildman–Crippen MR) is 60.1 cm³/mol. The summed E-state index contributed by atoms with van der Waals surface area (Å²) < 4.78 is 5.30. The largest absolute Gasteiger partial charge is 0.396 e. The van der Waals surface area contributed by atoms with E-state index in [1.54, 1.807) is 0 Å². The Morgan fingerprint density at radius 2 is 2.13 bits per heavy atom. The van der Waals surface area contributed by atoms with E-state index in [0.717, 1.165) is 31.7 Å². The average molecular weight is 207 g/mol. The highest BCUT2D eigenvalue weighted by molar-refractivity contribution is 5.45. The molecule has 1 unspecified atom stereocenters. The van der Waals surface area contributed by atoms with Crippen molar-refractivity contribution in [2.45, 2.75) is 18.9 Å². The Kier molecular flexibility index (Phi) is 3.59. The molecule has 2 N–H and O–H groups in total. The Morgan fingerprint density at radius 3 is 2.73 bits per heavy atom. The molecular formula is C12H17NO2. The van der Waals surface area contributed by atoms with Gasteiger partial charge in [0.2, 0.25) is 0 Å². The van der Waals surface area contributed by atoms with Gasteiger partial charge in [0, 0.05) is 18.9 Å². The maximum absolute atomic E-state index is 8.79. The van der Waals surface area contributed by atoms with E-state index < -0.39 is 0 Å². The van der Waals surface area contributed by atoms with E-state index in [1.165, 1.54) is 5.56 Å². The van der Waals surface area contributed by atoms with Crippen LogP contribution < -0.4 is 5.32 Å². The van der Waals surface area contributed by atoms with E-state index in [0.29, 0.717) is 6.04 Å². The molecule has 0 amide bonds. The Morgan fingerprint density at radius 1 is 1.33 bits per heavy atom. The molecule has 0 aromatic heterocycles. The lowest BCUT2D eigenvalue weighted by molar-refractivity contribution is 0.195. The molecule has 3 nitrogen and oxygen atoms in total. The molecule has 1 atom stereocenters. The van der Waals surface area contributed by atoms with Crippen molar-refractivity contribution in [3.05, 3.63) is 29.8 Å². The summed E-state index contributed by atoms with van der Waals surface area (Å²) in [6.45, 7) is 1.88. The molecule has 1 aromatic rings. The lowest BCUT2D eigenvalue weighted by Crippen LogP contribution is -2.18. The Balaban J connectivity index is 1.91. The monoisotopic (exact) mass is 207 g/mol. The lowest BCUT2D eigenvalue weighted by atomic mass is 10.1. The molecule has 82 valence electrons. The summed E-state index contributed by atoms with van der Waals surface area (Å²) in [6.07, 6.45) is 1.81. The van der Waals surface area contributed by atoms with Gasteiger partial charge in [-0.2, -0.15) is 0 Å². The van der Waals surface area contributed by atoms with Crippen LogP contribution in [0.15, 0.2) is 24.3 Å². The summed E-state index contributed by atoms with van der Waals surface area (Å²) in [6, 6.07) is 8.67. The number of ether oxygens (including phenoxy) is 1. The number of nitrogens with one attached hydrogen (secondary N) is 1. The van der Waals surface area contributed by atoms with Crippen LogP contribution in [0.4, 0.5) is 5.69 Å². The molecule has 0 spiro atoms. The van der Waals surface area contributed by atoms with Crippen molar-refractivity contribution in [1.29, 1.82) is 0 Å². The maximum atomic E-state index is 8.79. The number of hydrogen-bond donors (Lipinski definition) is 2. The minimum Gasteiger partial charge on any atom is -0.396 e. The number of benzene rings is 1. The van der Waals surface area contributed by atoms with E-state index in [-0.39, 0.29) is 6.61 Å². The molecule has 2 rings (SSSR count). The maximum Gasteiger partial charge on any atom is 0.0668 e. The molecule has 1 heterocycles. The molecule has 1 fully saturated rings. The van der Waals surface area contributed by atoms with Crippen LogP contribution in [0.1, 0.15) is 12.0 Å². The van der Waals surface area contributed by atoms with Gasteiger partial charge in [-0.05, 0) is 30.5 Å². The molecule has 0 radical (unpaired) electrons. The quantitative estimate of drug-likeness (QED) is 0.784. The van der Waals surface area contributed by atoms with Gasteiger partial charge in [-0.3, -0.25) is 0 Å². The minimum absolute atomic E-state index is 0.212. The SMILES string of the molecule is OCCc1ccc(NC2CCOC2)cc1. The number of aliphatic hydroxyl groups excluding tert-OH is 1. The highest BCUT2D eigenvalue weighted by Crippen LogP contribution is 2.14. The minimum atomic E-state index is 0.212. The van der Waals surface area contributed by atoms with Gasteiger partial charge < -0.3 is 15.2 Å². The number of anilines is 1. The van der Waals surface area contributed by atoms with Crippen molar-refractivity contribution in [3.8, 4) is 0 Å². The zero-order chi connectivity index (χ0) is 10.5. The third-order valence-electron chi connectivity index (χ3n) is 2.65. The van der Waals surface area contributed by atoms with Crippen molar-refractivity contribution in [2.75, 3.05) is 25.1 Å². The van der Waals surface area contributed by atoms with E-state index in [2.05, 4.69) is 17.4 Å². The number of aliphatic hydroxyl groups is 1. The first-order valence-corrected chi connectivity index (χ1v) is 5.42. The first kappa shape index (κ1) is 10.5. The standard InChI is InChI=1S/C12H17NO2/c14-7-5-10-1-3-11(4-2-10)13-12-6-8-15-9-12/h1-4,12-14H,5-9H2. The zero-order valence-corrected chi connectivity index (χ0v) is 8.78. The van der Waals surface area contributed by atoms with Crippen LogP contribution in [-0.4, -0.2) is 31.0 Å². The van der Waals surface area contributed by atoms with Gasteiger partial charge in [0.05, 0.1) is 12.6 Å². The van der Waals surface area contributed by atoms with Crippen LogP contribution in [0.3, 0.4) is 0 Å². The smallest absolute Gasteiger partial charge is 0.0668 e. The van der Waals surface area contributed by atoms with E-state index in [9.17, 15) is 0 Å². The highest BCUT2D eigenvalue weighted by Gasteiger charge is 2.14. The second-order valence-electron chi connectivity index (χ2n) is 3.88.